The molecule has 5 aromatic rings. The van der Waals surface area contributed by atoms with Crippen LogP contribution >= 0.6 is 0 Å². The number of phenolic OH excluding ortho intramolecular Hbond substituents is 1. The number of fused-ring (bicyclic) bond motifs is 2. The van der Waals surface area contributed by atoms with E-state index in [-0.39, 0.29) is 11.7 Å². The molecule has 0 amide bonds. The van der Waals surface area contributed by atoms with E-state index in [1.165, 1.54) is 0 Å². The van der Waals surface area contributed by atoms with Crippen LogP contribution in [0.25, 0.3) is 32.8 Å². The van der Waals surface area contributed by atoms with Crippen LogP contribution < -0.4 is 4.74 Å². The number of ether oxygens (including phenoxy) is 2. The molecule has 4 aromatic carbocycles. The second kappa shape index (κ2) is 10.2. The summed E-state index contributed by atoms with van der Waals surface area (Å²) in [6.45, 7) is 4.64. The molecule has 0 aliphatic rings. The van der Waals surface area contributed by atoms with Crippen LogP contribution in [0.5, 0.6) is 11.5 Å². The Hall–Kier alpha value is -4.25. The summed E-state index contributed by atoms with van der Waals surface area (Å²) in [6.07, 6.45) is 1.39. The number of aromatic hydroxyl groups is 1. The van der Waals surface area contributed by atoms with E-state index in [1.54, 1.807) is 19.1 Å². The van der Waals surface area contributed by atoms with Gasteiger partial charge in [-0.1, -0.05) is 60.7 Å². The molecule has 0 radical (unpaired) electrons. The quantitative estimate of drug-likeness (QED) is 0.182. The molecule has 2 N–H and O–H groups in total. The smallest absolute Gasteiger partial charge is 0.355 e. The number of carbonyl (C=O) groups excluding carboxylic acids is 1. The van der Waals surface area contributed by atoms with Crippen molar-refractivity contribution in [2.75, 3.05) is 13.2 Å². The third-order valence-electron chi connectivity index (χ3n) is 6.51. The summed E-state index contributed by atoms with van der Waals surface area (Å²) in [6, 6.07) is 25.6. The molecule has 0 aliphatic carbocycles. The number of hydrogen-bond donors (Lipinski definition) is 2. The van der Waals surface area contributed by atoms with Gasteiger partial charge in [-0.2, -0.15) is 0 Å². The molecule has 1 aromatic heterocycles. The minimum absolute atomic E-state index is 0.204. The van der Waals surface area contributed by atoms with Crippen LogP contribution in [0, 0.1) is 6.92 Å². The van der Waals surface area contributed by atoms with Crippen LogP contribution in [0.1, 0.15) is 35.0 Å². The number of aromatic nitrogens is 1. The second-order valence-electron chi connectivity index (χ2n) is 8.86. The fraction of sp³-hybridized carbons (Fsp3) is 0.194. The predicted molar refractivity (Wildman–Crippen MR) is 144 cm³/mol. The van der Waals surface area contributed by atoms with Crippen LogP contribution in [0.3, 0.4) is 0 Å². The van der Waals surface area contributed by atoms with Crippen molar-refractivity contribution >= 4 is 27.6 Å². The van der Waals surface area contributed by atoms with Crippen LogP contribution in [0.4, 0.5) is 0 Å². The number of rotatable bonds is 8. The van der Waals surface area contributed by atoms with Crippen LogP contribution in [-0.4, -0.2) is 29.3 Å². The number of phenols is 1. The molecular weight excluding hydrogens is 450 g/mol. The van der Waals surface area contributed by atoms with Crippen molar-refractivity contribution in [2.45, 2.75) is 26.7 Å². The number of esters is 1. The summed E-state index contributed by atoms with van der Waals surface area (Å²) in [5, 5.41) is 13.3. The van der Waals surface area contributed by atoms with Gasteiger partial charge >= 0.3 is 5.97 Å². The highest BCUT2D eigenvalue weighted by Gasteiger charge is 2.21. The molecule has 36 heavy (non-hydrogen) atoms. The lowest BCUT2D eigenvalue weighted by molar-refractivity contribution is 0.0519. The minimum atomic E-state index is -0.364. The first-order valence-corrected chi connectivity index (χ1v) is 12.3. The van der Waals surface area contributed by atoms with E-state index in [2.05, 4.69) is 23.2 Å². The average molecular weight is 480 g/mol. The predicted octanol–water partition coefficient (Wildman–Crippen LogP) is 7.19. The molecule has 0 fully saturated rings. The Morgan fingerprint density at radius 2 is 1.69 bits per heavy atom. The van der Waals surface area contributed by atoms with E-state index in [0.717, 1.165) is 56.1 Å². The molecule has 5 heteroatoms. The SMILES string of the molecule is CCOC(=O)c1[nH]c2c(-c3cc(O)ccc3C)cccc2c1CCCOc1cccc2ccccc12. The average Bonchev–Trinajstić information content (AvgIpc) is 3.27. The highest BCUT2D eigenvalue weighted by atomic mass is 16.5. The number of aromatic amines is 1. The van der Waals surface area contributed by atoms with Crippen molar-refractivity contribution in [3.05, 3.63) is 95.7 Å². The Balaban J connectivity index is 1.45. The minimum Gasteiger partial charge on any atom is -0.508 e. The maximum Gasteiger partial charge on any atom is 0.355 e. The first kappa shape index (κ1) is 23.5. The van der Waals surface area contributed by atoms with Gasteiger partial charge in [0.15, 0.2) is 0 Å². The number of H-pyrrole nitrogens is 1. The third-order valence-corrected chi connectivity index (χ3v) is 6.51. The standard InChI is InChI=1S/C31H29NO4/c1-3-35-31(34)30-25(14-8-18-36-28-15-6-10-21-9-4-5-11-23(21)28)24-12-7-13-26(29(24)32-30)27-19-22(33)17-16-20(27)2/h4-7,9-13,15-17,19,32-33H,3,8,14,18H2,1-2H3. The van der Waals surface area contributed by atoms with Gasteiger partial charge in [-0.05, 0) is 67.0 Å². The summed E-state index contributed by atoms with van der Waals surface area (Å²) in [4.78, 5) is 16.2. The lowest BCUT2D eigenvalue weighted by atomic mass is 9.96. The van der Waals surface area contributed by atoms with Gasteiger partial charge in [-0.25, -0.2) is 4.79 Å². The van der Waals surface area contributed by atoms with E-state index in [0.29, 0.717) is 25.3 Å². The molecule has 0 unspecified atom stereocenters. The van der Waals surface area contributed by atoms with Crippen molar-refractivity contribution in [2.24, 2.45) is 0 Å². The molecule has 0 atom stereocenters. The lowest BCUT2D eigenvalue weighted by Crippen LogP contribution is -2.09. The van der Waals surface area contributed by atoms with Crippen molar-refractivity contribution in [3.8, 4) is 22.6 Å². The normalized spacial score (nSPS) is 11.2. The number of hydrogen-bond acceptors (Lipinski definition) is 4. The van der Waals surface area contributed by atoms with Gasteiger partial charge in [0.1, 0.15) is 17.2 Å². The lowest BCUT2D eigenvalue weighted by Gasteiger charge is -2.10. The molecule has 0 saturated carbocycles. The molecule has 0 aliphatic heterocycles. The summed E-state index contributed by atoms with van der Waals surface area (Å²) < 4.78 is 11.5. The largest absolute Gasteiger partial charge is 0.508 e. The number of para-hydroxylation sites is 1. The van der Waals surface area contributed by atoms with E-state index in [4.69, 9.17) is 9.47 Å². The molecule has 1 heterocycles. The zero-order valence-electron chi connectivity index (χ0n) is 20.5. The van der Waals surface area contributed by atoms with E-state index in [9.17, 15) is 9.90 Å². The Kier molecular flexibility index (Phi) is 6.63. The Morgan fingerprint density at radius 1 is 0.917 bits per heavy atom. The van der Waals surface area contributed by atoms with Gasteiger partial charge in [0.05, 0.1) is 18.7 Å². The van der Waals surface area contributed by atoms with Crippen molar-refractivity contribution < 1.29 is 19.4 Å². The number of aryl methyl sites for hydroxylation is 2. The zero-order valence-corrected chi connectivity index (χ0v) is 20.5. The number of carbonyl (C=O) groups is 1. The van der Waals surface area contributed by atoms with Gasteiger partial charge in [0.25, 0.3) is 0 Å². The van der Waals surface area contributed by atoms with E-state index >= 15 is 0 Å². The number of benzene rings is 4. The van der Waals surface area contributed by atoms with Gasteiger partial charge in [0.2, 0.25) is 0 Å². The fourth-order valence-electron chi connectivity index (χ4n) is 4.79. The van der Waals surface area contributed by atoms with E-state index in [1.807, 2.05) is 55.5 Å². The fourth-order valence-corrected chi connectivity index (χ4v) is 4.79. The Labute approximate surface area is 210 Å². The van der Waals surface area contributed by atoms with E-state index < -0.39 is 0 Å². The first-order chi connectivity index (χ1) is 17.6. The Morgan fingerprint density at radius 3 is 2.56 bits per heavy atom. The van der Waals surface area contributed by atoms with Gasteiger partial charge in [0, 0.05) is 16.3 Å². The molecular formula is C31H29NO4. The van der Waals surface area contributed by atoms with Gasteiger partial charge < -0.3 is 19.6 Å². The summed E-state index contributed by atoms with van der Waals surface area (Å²) >= 11 is 0. The Bertz CT molecular complexity index is 1540. The summed E-state index contributed by atoms with van der Waals surface area (Å²) in [7, 11) is 0. The molecule has 5 rings (SSSR count). The van der Waals surface area contributed by atoms with Crippen LogP contribution in [0.2, 0.25) is 0 Å². The molecule has 0 spiro atoms. The second-order valence-corrected chi connectivity index (χ2v) is 8.86. The molecule has 0 bridgehead atoms. The summed E-state index contributed by atoms with van der Waals surface area (Å²) in [5.41, 5.74) is 5.15. The summed E-state index contributed by atoms with van der Waals surface area (Å²) in [5.74, 6) is 0.701. The highest BCUT2D eigenvalue weighted by molar-refractivity contribution is 6.03. The first-order valence-electron chi connectivity index (χ1n) is 12.3. The van der Waals surface area contributed by atoms with Crippen LogP contribution in [-0.2, 0) is 11.2 Å². The highest BCUT2D eigenvalue weighted by Crippen LogP contribution is 2.35. The van der Waals surface area contributed by atoms with Gasteiger partial charge in [-0.15, -0.1) is 0 Å². The van der Waals surface area contributed by atoms with Crippen molar-refractivity contribution in [1.29, 1.82) is 0 Å². The van der Waals surface area contributed by atoms with Crippen molar-refractivity contribution in [3.63, 3.8) is 0 Å². The van der Waals surface area contributed by atoms with Crippen LogP contribution in [0.15, 0.2) is 78.9 Å². The maximum absolute atomic E-state index is 12.9. The topological polar surface area (TPSA) is 71.6 Å². The molecule has 182 valence electrons. The molecule has 0 saturated heterocycles. The number of nitrogens with one attached hydrogen (secondary N) is 1. The monoisotopic (exact) mass is 479 g/mol. The third kappa shape index (κ3) is 4.52. The van der Waals surface area contributed by atoms with Gasteiger partial charge in [-0.3, -0.25) is 0 Å². The molecule has 5 nitrogen and oxygen atoms in total. The van der Waals surface area contributed by atoms with Crippen molar-refractivity contribution in [1.82, 2.24) is 4.98 Å². The zero-order chi connectivity index (χ0) is 25.1. The maximum atomic E-state index is 12.9.